The Labute approximate surface area is 77.9 Å². The van der Waals surface area contributed by atoms with Gasteiger partial charge in [0.25, 0.3) is 0 Å². The summed E-state index contributed by atoms with van der Waals surface area (Å²) in [4.78, 5) is 22.1. The Hall–Kier alpha value is -1.06. The first-order valence-corrected chi connectivity index (χ1v) is 4.58. The first kappa shape index (κ1) is 10.0. The van der Waals surface area contributed by atoms with Crippen LogP contribution in [-0.4, -0.2) is 18.4 Å². The summed E-state index contributed by atoms with van der Waals surface area (Å²) in [5.41, 5.74) is 5.24. The van der Waals surface area contributed by atoms with Gasteiger partial charge in [-0.15, -0.1) is 0 Å². The molecule has 74 valence electrons. The molecule has 1 heterocycles. The molecule has 1 saturated heterocycles. The first-order chi connectivity index (χ1) is 6.02. The molecule has 0 saturated carbocycles. The van der Waals surface area contributed by atoms with Crippen LogP contribution >= 0.6 is 0 Å². The first-order valence-electron chi connectivity index (χ1n) is 4.58. The number of carbonyl (C=O) groups is 2. The van der Waals surface area contributed by atoms with Gasteiger partial charge in [0.2, 0.25) is 11.8 Å². The molecule has 0 bridgehead atoms. The van der Waals surface area contributed by atoms with Gasteiger partial charge in [-0.25, -0.2) is 0 Å². The Bertz CT molecular complexity index is 226. The minimum Gasteiger partial charge on any atom is -0.369 e. The molecule has 4 heteroatoms. The summed E-state index contributed by atoms with van der Waals surface area (Å²) in [6.45, 7) is 4.65. The number of hydrogen-bond acceptors (Lipinski definition) is 2. The fourth-order valence-corrected chi connectivity index (χ4v) is 1.81. The zero-order valence-electron chi connectivity index (χ0n) is 8.04. The average Bonchev–Trinajstić information content (AvgIpc) is 2.03. The molecule has 3 N–H and O–H groups in total. The van der Waals surface area contributed by atoms with Gasteiger partial charge in [0.15, 0.2) is 0 Å². The van der Waals surface area contributed by atoms with Gasteiger partial charge in [-0.2, -0.15) is 0 Å². The Balaban J connectivity index is 2.71. The lowest BCUT2D eigenvalue weighted by atomic mass is 9.78. The van der Waals surface area contributed by atoms with E-state index in [0.29, 0.717) is 12.5 Å². The summed E-state index contributed by atoms with van der Waals surface area (Å²) in [5.74, 6) is -0.142. The van der Waals surface area contributed by atoms with E-state index in [1.165, 1.54) is 0 Å². The highest BCUT2D eigenvalue weighted by atomic mass is 16.2. The molecule has 1 aliphatic rings. The van der Waals surface area contributed by atoms with Gasteiger partial charge in [-0.3, -0.25) is 9.59 Å². The van der Waals surface area contributed by atoms with Crippen LogP contribution in [0.2, 0.25) is 0 Å². The molecule has 4 nitrogen and oxygen atoms in total. The van der Waals surface area contributed by atoms with E-state index in [4.69, 9.17) is 5.73 Å². The van der Waals surface area contributed by atoms with Crippen LogP contribution in [0.3, 0.4) is 0 Å². The maximum Gasteiger partial charge on any atom is 0.221 e. The quantitative estimate of drug-likeness (QED) is 0.628. The van der Waals surface area contributed by atoms with Crippen molar-refractivity contribution < 1.29 is 9.59 Å². The SMILES string of the molecule is CC(C)C1CNC(=O)CC1C(N)=O. The second-order valence-electron chi connectivity index (χ2n) is 3.92. The average molecular weight is 184 g/mol. The number of piperidine rings is 1. The van der Waals surface area contributed by atoms with Gasteiger partial charge in [0.1, 0.15) is 0 Å². The van der Waals surface area contributed by atoms with E-state index in [2.05, 4.69) is 5.32 Å². The molecule has 0 radical (unpaired) electrons. The molecule has 1 rings (SSSR count). The number of rotatable bonds is 2. The van der Waals surface area contributed by atoms with E-state index < -0.39 is 0 Å². The maximum atomic E-state index is 11.1. The van der Waals surface area contributed by atoms with Crippen molar-refractivity contribution in [2.75, 3.05) is 6.54 Å². The molecule has 0 aromatic heterocycles. The summed E-state index contributed by atoms with van der Waals surface area (Å²) in [6.07, 6.45) is 0.248. The van der Waals surface area contributed by atoms with E-state index in [1.807, 2.05) is 13.8 Å². The zero-order valence-corrected chi connectivity index (χ0v) is 8.04. The second-order valence-corrected chi connectivity index (χ2v) is 3.92. The lowest BCUT2D eigenvalue weighted by molar-refractivity contribution is -0.133. The number of nitrogens with two attached hydrogens (primary N) is 1. The van der Waals surface area contributed by atoms with Crippen LogP contribution in [0.1, 0.15) is 20.3 Å². The zero-order chi connectivity index (χ0) is 10.0. The van der Waals surface area contributed by atoms with E-state index in [9.17, 15) is 9.59 Å². The van der Waals surface area contributed by atoms with Crippen molar-refractivity contribution in [2.45, 2.75) is 20.3 Å². The predicted octanol–water partition coefficient (Wildman–Crippen LogP) is -0.120. The highest BCUT2D eigenvalue weighted by Crippen LogP contribution is 2.26. The van der Waals surface area contributed by atoms with Gasteiger partial charge < -0.3 is 11.1 Å². The highest BCUT2D eigenvalue weighted by Gasteiger charge is 2.34. The maximum absolute atomic E-state index is 11.1. The molecular formula is C9H16N2O2. The Kier molecular flexibility index (Phi) is 2.90. The van der Waals surface area contributed by atoms with Gasteiger partial charge in [0, 0.05) is 13.0 Å². The predicted molar refractivity (Wildman–Crippen MR) is 48.6 cm³/mol. The lowest BCUT2D eigenvalue weighted by Crippen LogP contribution is -2.47. The van der Waals surface area contributed by atoms with Crippen LogP contribution < -0.4 is 11.1 Å². The van der Waals surface area contributed by atoms with E-state index in [-0.39, 0.29) is 30.1 Å². The van der Waals surface area contributed by atoms with Crippen LogP contribution in [0.25, 0.3) is 0 Å². The minimum atomic E-state index is -0.353. The van der Waals surface area contributed by atoms with Crippen LogP contribution in [0.4, 0.5) is 0 Å². The molecule has 1 aliphatic heterocycles. The van der Waals surface area contributed by atoms with Crippen molar-refractivity contribution in [1.82, 2.24) is 5.32 Å². The molecule has 1 fully saturated rings. The van der Waals surface area contributed by atoms with Crippen molar-refractivity contribution in [3.63, 3.8) is 0 Å². The lowest BCUT2D eigenvalue weighted by Gasteiger charge is -2.32. The Morgan fingerprint density at radius 2 is 2.23 bits per heavy atom. The number of hydrogen-bond donors (Lipinski definition) is 2. The van der Waals surface area contributed by atoms with Gasteiger partial charge in [0.05, 0.1) is 5.92 Å². The smallest absolute Gasteiger partial charge is 0.221 e. The van der Waals surface area contributed by atoms with Gasteiger partial charge in [-0.05, 0) is 11.8 Å². The molecule has 2 atom stereocenters. The van der Waals surface area contributed by atoms with Crippen molar-refractivity contribution in [2.24, 2.45) is 23.5 Å². The Morgan fingerprint density at radius 3 is 2.69 bits per heavy atom. The third-order valence-corrected chi connectivity index (χ3v) is 2.68. The largest absolute Gasteiger partial charge is 0.369 e. The number of primary amides is 1. The van der Waals surface area contributed by atoms with Crippen LogP contribution in [0.5, 0.6) is 0 Å². The minimum absolute atomic E-state index is 0.0688. The van der Waals surface area contributed by atoms with Crippen molar-refractivity contribution >= 4 is 11.8 Å². The second kappa shape index (κ2) is 3.77. The van der Waals surface area contributed by atoms with E-state index in [1.54, 1.807) is 0 Å². The van der Waals surface area contributed by atoms with Crippen LogP contribution in [0.15, 0.2) is 0 Å². The fourth-order valence-electron chi connectivity index (χ4n) is 1.81. The summed E-state index contributed by atoms with van der Waals surface area (Å²) < 4.78 is 0. The van der Waals surface area contributed by atoms with Crippen LogP contribution in [0, 0.1) is 17.8 Å². The summed E-state index contributed by atoms with van der Waals surface area (Å²) in [7, 11) is 0. The molecule has 13 heavy (non-hydrogen) atoms. The normalized spacial score (nSPS) is 28.7. The van der Waals surface area contributed by atoms with E-state index >= 15 is 0 Å². The molecule has 0 aromatic carbocycles. The third kappa shape index (κ3) is 2.20. The standard InChI is InChI=1S/C9H16N2O2/c1-5(2)7-4-11-8(12)3-6(7)9(10)13/h5-7H,3-4H2,1-2H3,(H2,10,13)(H,11,12). The van der Waals surface area contributed by atoms with E-state index in [0.717, 1.165) is 0 Å². The summed E-state index contributed by atoms with van der Waals surface area (Å²) in [5, 5.41) is 2.75. The van der Waals surface area contributed by atoms with Crippen molar-refractivity contribution in [3.05, 3.63) is 0 Å². The highest BCUT2D eigenvalue weighted by molar-refractivity contribution is 5.86. The van der Waals surface area contributed by atoms with Crippen LogP contribution in [-0.2, 0) is 9.59 Å². The number of amides is 2. The summed E-state index contributed by atoms with van der Waals surface area (Å²) >= 11 is 0. The van der Waals surface area contributed by atoms with Crippen molar-refractivity contribution in [3.8, 4) is 0 Å². The molecular weight excluding hydrogens is 168 g/mol. The number of nitrogens with one attached hydrogen (secondary N) is 1. The molecule has 0 spiro atoms. The molecule has 0 aromatic rings. The molecule has 0 aliphatic carbocycles. The van der Waals surface area contributed by atoms with Gasteiger partial charge in [-0.1, -0.05) is 13.8 Å². The molecule has 2 amide bonds. The number of carbonyl (C=O) groups excluding carboxylic acids is 2. The Morgan fingerprint density at radius 1 is 1.62 bits per heavy atom. The van der Waals surface area contributed by atoms with Crippen molar-refractivity contribution in [1.29, 1.82) is 0 Å². The third-order valence-electron chi connectivity index (χ3n) is 2.68. The monoisotopic (exact) mass is 184 g/mol. The molecule has 2 unspecified atom stereocenters. The van der Waals surface area contributed by atoms with Gasteiger partial charge >= 0.3 is 0 Å². The summed E-state index contributed by atoms with van der Waals surface area (Å²) in [6, 6.07) is 0. The fraction of sp³-hybridized carbons (Fsp3) is 0.778. The topological polar surface area (TPSA) is 72.2 Å².